The lowest BCUT2D eigenvalue weighted by Gasteiger charge is -2.25. The van der Waals surface area contributed by atoms with Gasteiger partial charge in [0.1, 0.15) is 0 Å². The SMILES string of the molecule is C[C@H](N[C@H](C)c1ccccc1Cl)C(=O)N1CCc2ccccc21. The Kier molecular flexibility index (Phi) is 4.69. The molecule has 0 saturated carbocycles. The first kappa shape index (κ1) is 16.0. The summed E-state index contributed by atoms with van der Waals surface area (Å²) >= 11 is 6.24. The van der Waals surface area contributed by atoms with Gasteiger partial charge in [-0.2, -0.15) is 0 Å². The van der Waals surface area contributed by atoms with E-state index in [4.69, 9.17) is 11.6 Å². The molecule has 3 rings (SSSR count). The summed E-state index contributed by atoms with van der Waals surface area (Å²) in [5.41, 5.74) is 3.29. The van der Waals surface area contributed by atoms with Crippen molar-refractivity contribution in [2.75, 3.05) is 11.4 Å². The minimum Gasteiger partial charge on any atom is -0.310 e. The molecule has 1 N–H and O–H groups in total. The van der Waals surface area contributed by atoms with E-state index in [-0.39, 0.29) is 18.0 Å². The van der Waals surface area contributed by atoms with Crippen molar-refractivity contribution in [3.8, 4) is 0 Å². The number of rotatable bonds is 4. The highest BCUT2D eigenvalue weighted by molar-refractivity contribution is 6.31. The van der Waals surface area contributed by atoms with Crippen LogP contribution in [0.2, 0.25) is 5.02 Å². The second-order valence-electron chi connectivity index (χ2n) is 6.00. The second-order valence-corrected chi connectivity index (χ2v) is 6.41. The maximum absolute atomic E-state index is 12.8. The number of fused-ring (bicyclic) bond motifs is 1. The number of nitrogens with zero attached hydrogens (tertiary/aromatic N) is 1. The predicted molar refractivity (Wildman–Crippen MR) is 95.0 cm³/mol. The lowest BCUT2D eigenvalue weighted by atomic mass is 10.1. The molecule has 0 saturated heterocycles. The van der Waals surface area contributed by atoms with E-state index in [0.29, 0.717) is 0 Å². The fraction of sp³-hybridized carbons (Fsp3) is 0.316. The van der Waals surface area contributed by atoms with Crippen LogP contribution in [0.5, 0.6) is 0 Å². The Morgan fingerprint density at radius 3 is 2.61 bits per heavy atom. The third-order valence-corrected chi connectivity index (χ3v) is 4.74. The molecule has 3 nitrogen and oxygen atoms in total. The molecule has 1 heterocycles. The molecule has 4 heteroatoms. The van der Waals surface area contributed by atoms with Gasteiger partial charge in [-0.25, -0.2) is 0 Å². The maximum atomic E-state index is 12.8. The van der Waals surface area contributed by atoms with Gasteiger partial charge in [0, 0.05) is 23.3 Å². The summed E-state index contributed by atoms with van der Waals surface area (Å²) in [7, 11) is 0. The van der Waals surface area contributed by atoms with Crippen molar-refractivity contribution in [1.29, 1.82) is 0 Å². The number of hydrogen-bond acceptors (Lipinski definition) is 2. The van der Waals surface area contributed by atoms with E-state index in [1.807, 2.05) is 61.2 Å². The Labute approximate surface area is 142 Å². The quantitative estimate of drug-likeness (QED) is 0.921. The number of carbonyl (C=O) groups excluding carboxylic acids is 1. The first-order valence-corrected chi connectivity index (χ1v) is 8.35. The zero-order chi connectivity index (χ0) is 16.4. The normalized spacial score (nSPS) is 16.0. The van der Waals surface area contributed by atoms with Crippen LogP contribution in [0.15, 0.2) is 48.5 Å². The van der Waals surface area contributed by atoms with E-state index in [0.717, 1.165) is 29.2 Å². The minimum absolute atomic E-state index is 0.0143. The molecule has 1 amide bonds. The fourth-order valence-corrected chi connectivity index (χ4v) is 3.46. The standard InChI is InChI=1S/C19H21ClN2O/c1-13(16-8-4-5-9-17(16)20)21-14(2)19(23)22-12-11-15-7-3-6-10-18(15)22/h3-10,13-14,21H,11-12H2,1-2H3/t13-,14+/m1/s1. The van der Waals surface area contributed by atoms with Crippen LogP contribution in [-0.4, -0.2) is 18.5 Å². The third-order valence-electron chi connectivity index (χ3n) is 4.40. The molecule has 0 spiro atoms. The molecule has 1 aliphatic heterocycles. The zero-order valence-corrected chi connectivity index (χ0v) is 14.2. The third kappa shape index (κ3) is 3.26. The molecule has 0 radical (unpaired) electrons. The summed E-state index contributed by atoms with van der Waals surface area (Å²) in [5, 5.41) is 4.09. The van der Waals surface area contributed by atoms with Crippen molar-refractivity contribution in [1.82, 2.24) is 5.32 Å². The van der Waals surface area contributed by atoms with Crippen molar-refractivity contribution >= 4 is 23.2 Å². The zero-order valence-electron chi connectivity index (χ0n) is 13.4. The van der Waals surface area contributed by atoms with Gasteiger partial charge < -0.3 is 4.90 Å². The van der Waals surface area contributed by atoms with E-state index >= 15 is 0 Å². The highest BCUT2D eigenvalue weighted by Crippen LogP contribution is 2.28. The van der Waals surface area contributed by atoms with E-state index < -0.39 is 0 Å². The van der Waals surface area contributed by atoms with Crippen molar-refractivity contribution < 1.29 is 4.79 Å². The lowest BCUT2D eigenvalue weighted by molar-refractivity contribution is -0.120. The van der Waals surface area contributed by atoms with Gasteiger partial charge >= 0.3 is 0 Å². The number of halogens is 1. The van der Waals surface area contributed by atoms with Crippen molar-refractivity contribution in [2.24, 2.45) is 0 Å². The van der Waals surface area contributed by atoms with Crippen molar-refractivity contribution in [2.45, 2.75) is 32.4 Å². The smallest absolute Gasteiger partial charge is 0.243 e. The molecular formula is C19H21ClN2O. The van der Waals surface area contributed by atoms with Gasteiger partial charge in [-0.15, -0.1) is 0 Å². The molecule has 0 bridgehead atoms. The highest BCUT2D eigenvalue weighted by Gasteiger charge is 2.28. The number of para-hydroxylation sites is 1. The summed E-state index contributed by atoms with van der Waals surface area (Å²) < 4.78 is 0. The van der Waals surface area contributed by atoms with E-state index in [1.165, 1.54) is 5.56 Å². The van der Waals surface area contributed by atoms with E-state index in [9.17, 15) is 4.79 Å². The number of carbonyl (C=O) groups is 1. The first-order chi connectivity index (χ1) is 11.1. The molecule has 0 fully saturated rings. The van der Waals surface area contributed by atoms with Crippen molar-refractivity contribution in [3.05, 3.63) is 64.7 Å². The second kappa shape index (κ2) is 6.73. The molecule has 23 heavy (non-hydrogen) atoms. The average molecular weight is 329 g/mol. The van der Waals surface area contributed by atoms with Gasteiger partial charge in [-0.05, 0) is 43.5 Å². The number of anilines is 1. The molecule has 0 aromatic heterocycles. The van der Waals surface area contributed by atoms with Gasteiger partial charge in [0.25, 0.3) is 0 Å². The Morgan fingerprint density at radius 1 is 1.13 bits per heavy atom. The van der Waals surface area contributed by atoms with Gasteiger partial charge in [0.15, 0.2) is 0 Å². The minimum atomic E-state index is -0.271. The van der Waals surface area contributed by atoms with Gasteiger partial charge in [-0.3, -0.25) is 10.1 Å². The lowest BCUT2D eigenvalue weighted by Crippen LogP contribution is -2.45. The predicted octanol–water partition coefficient (Wildman–Crippen LogP) is 3.97. The summed E-state index contributed by atoms with van der Waals surface area (Å²) in [6.07, 6.45) is 0.925. The molecular weight excluding hydrogens is 308 g/mol. The van der Waals surface area contributed by atoms with Crippen LogP contribution >= 0.6 is 11.6 Å². The summed E-state index contributed by atoms with van der Waals surface area (Å²) in [6, 6.07) is 15.6. The monoisotopic (exact) mass is 328 g/mol. The Hall–Kier alpha value is -1.84. The Bertz CT molecular complexity index is 716. The van der Waals surface area contributed by atoms with Gasteiger partial charge in [0.2, 0.25) is 5.91 Å². The number of benzene rings is 2. The number of hydrogen-bond donors (Lipinski definition) is 1. The Morgan fingerprint density at radius 2 is 1.83 bits per heavy atom. The van der Waals surface area contributed by atoms with Crippen LogP contribution < -0.4 is 10.2 Å². The highest BCUT2D eigenvalue weighted by atomic mass is 35.5. The summed E-state index contributed by atoms with van der Waals surface area (Å²) in [5.74, 6) is 0.105. The van der Waals surface area contributed by atoms with Crippen molar-refractivity contribution in [3.63, 3.8) is 0 Å². The molecule has 1 aliphatic rings. The largest absolute Gasteiger partial charge is 0.310 e. The fourth-order valence-electron chi connectivity index (χ4n) is 3.16. The molecule has 2 aromatic rings. The average Bonchev–Trinajstić information content (AvgIpc) is 2.98. The molecule has 2 aromatic carbocycles. The summed E-state index contributed by atoms with van der Waals surface area (Å²) in [6.45, 7) is 4.70. The maximum Gasteiger partial charge on any atom is 0.243 e. The van der Waals surface area contributed by atoms with E-state index in [1.54, 1.807) is 0 Å². The topological polar surface area (TPSA) is 32.3 Å². The van der Waals surface area contributed by atoms with Crippen LogP contribution in [0.25, 0.3) is 0 Å². The van der Waals surface area contributed by atoms with Crippen LogP contribution in [0.4, 0.5) is 5.69 Å². The van der Waals surface area contributed by atoms with E-state index in [2.05, 4.69) is 11.4 Å². The number of amides is 1. The van der Waals surface area contributed by atoms with Gasteiger partial charge in [-0.1, -0.05) is 48.0 Å². The van der Waals surface area contributed by atoms with Crippen LogP contribution in [-0.2, 0) is 11.2 Å². The molecule has 0 unspecified atom stereocenters. The van der Waals surface area contributed by atoms with Crippen LogP contribution in [0.1, 0.15) is 31.0 Å². The molecule has 120 valence electrons. The molecule has 0 aliphatic carbocycles. The first-order valence-electron chi connectivity index (χ1n) is 7.97. The van der Waals surface area contributed by atoms with Crippen LogP contribution in [0.3, 0.4) is 0 Å². The Balaban J connectivity index is 1.70. The molecule has 2 atom stereocenters. The summed E-state index contributed by atoms with van der Waals surface area (Å²) in [4.78, 5) is 14.7. The van der Waals surface area contributed by atoms with Crippen LogP contribution in [0, 0.1) is 0 Å². The number of nitrogens with one attached hydrogen (secondary N) is 1. The van der Waals surface area contributed by atoms with Gasteiger partial charge in [0.05, 0.1) is 6.04 Å².